The molecule has 0 saturated heterocycles. The van der Waals surface area contributed by atoms with Crippen LogP contribution in [0, 0.1) is 5.41 Å². The second kappa shape index (κ2) is 3.76. The number of carbonyl (C=O) groups is 2. The molecule has 1 unspecified atom stereocenters. The lowest BCUT2D eigenvalue weighted by atomic mass is 9.57. The van der Waals surface area contributed by atoms with Gasteiger partial charge in [-0.2, -0.15) is 0 Å². The summed E-state index contributed by atoms with van der Waals surface area (Å²) in [5.74, 6) is -3.05. The van der Waals surface area contributed by atoms with Gasteiger partial charge in [-0.25, -0.2) is 0 Å². The van der Waals surface area contributed by atoms with E-state index < -0.39 is 23.3 Å². The highest BCUT2D eigenvalue weighted by Crippen LogP contribution is 2.53. The zero-order chi connectivity index (χ0) is 12.6. The molecule has 1 fully saturated rings. The van der Waals surface area contributed by atoms with Crippen molar-refractivity contribution in [1.29, 1.82) is 0 Å². The van der Waals surface area contributed by atoms with Gasteiger partial charge in [0.05, 0.1) is 0 Å². The fourth-order valence-electron chi connectivity index (χ4n) is 2.34. The molecule has 1 aliphatic carbocycles. The molecule has 1 saturated carbocycles. The standard InChI is InChI=1S/C12H12O5/c13-8-3-1-7(2-4-8)9-5-6-12(9,10(14)15)11(16)17/h1-4,9,13H,5-6H2,(H,14,15)(H,16,17). The van der Waals surface area contributed by atoms with Gasteiger partial charge in [0.1, 0.15) is 5.75 Å². The molecule has 1 atom stereocenters. The van der Waals surface area contributed by atoms with E-state index in [0.29, 0.717) is 12.0 Å². The molecule has 0 aromatic heterocycles. The molecule has 0 heterocycles. The van der Waals surface area contributed by atoms with Gasteiger partial charge in [0.25, 0.3) is 0 Å². The molecular weight excluding hydrogens is 224 g/mol. The highest BCUT2D eigenvalue weighted by molar-refractivity contribution is 6.00. The van der Waals surface area contributed by atoms with Gasteiger partial charge in [-0.1, -0.05) is 12.1 Å². The molecule has 5 nitrogen and oxygen atoms in total. The zero-order valence-corrected chi connectivity index (χ0v) is 8.96. The number of phenolic OH excluding ortho intramolecular Hbond substituents is 1. The Morgan fingerprint density at radius 2 is 1.65 bits per heavy atom. The molecule has 0 amide bonds. The van der Waals surface area contributed by atoms with Gasteiger partial charge in [-0.3, -0.25) is 9.59 Å². The zero-order valence-electron chi connectivity index (χ0n) is 8.96. The minimum absolute atomic E-state index is 0.0734. The summed E-state index contributed by atoms with van der Waals surface area (Å²) < 4.78 is 0. The van der Waals surface area contributed by atoms with Crippen molar-refractivity contribution in [3.8, 4) is 5.75 Å². The summed E-state index contributed by atoms with van der Waals surface area (Å²) >= 11 is 0. The molecule has 2 rings (SSSR count). The molecule has 0 aliphatic heterocycles. The van der Waals surface area contributed by atoms with Crippen molar-refractivity contribution in [2.75, 3.05) is 0 Å². The lowest BCUT2D eigenvalue weighted by Gasteiger charge is -2.42. The number of carboxylic acid groups (broad SMARTS) is 2. The van der Waals surface area contributed by atoms with Crippen LogP contribution in [0.1, 0.15) is 24.3 Å². The lowest BCUT2D eigenvalue weighted by molar-refractivity contribution is -0.174. The molecule has 0 radical (unpaired) electrons. The second-order valence-corrected chi connectivity index (χ2v) is 4.26. The van der Waals surface area contributed by atoms with Gasteiger partial charge < -0.3 is 15.3 Å². The first-order valence-corrected chi connectivity index (χ1v) is 5.24. The summed E-state index contributed by atoms with van der Waals surface area (Å²) in [7, 11) is 0. The number of rotatable bonds is 3. The lowest BCUT2D eigenvalue weighted by Crippen LogP contribution is -2.51. The molecule has 0 spiro atoms. The maximum Gasteiger partial charge on any atom is 0.321 e. The van der Waals surface area contributed by atoms with E-state index >= 15 is 0 Å². The Labute approximate surface area is 97.3 Å². The van der Waals surface area contributed by atoms with Gasteiger partial charge in [0.15, 0.2) is 5.41 Å². The first kappa shape index (κ1) is 11.4. The average molecular weight is 236 g/mol. The van der Waals surface area contributed by atoms with Crippen LogP contribution in [0.2, 0.25) is 0 Å². The maximum atomic E-state index is 11.2. The highest BCUT2D eigenvalue weighted by atomic mass is 16.4. The summed E-state index contributed by atoms with van der Waals surface area (Å²) in [6.07, 6.45) is 0.673. The van der Waals surface area contributed by atoms with Crippen molar-refractivity contribution in [3.63, 3.8) is 0 Å². The molecule has 5 heteroatoms. The van der Waals surface area contributed by atoms with Crippen LogP contribution in [-0.4, -0.2) is 27.3 Å². The smallest absolute Gasteiger partial charge is 0.321 e. The van der Waals surface area contributed by atoms with Crippen molar-refractivity contribution in [2.45, 2.75) is 18.8 Å². The van der Waals surface area contributed by atoms with Crippen LogP contribution in [-0.2, 0) is 9.59 Å². The number of phenols is 1. The molecule has 1 aromatic rings. The summed E-state index contributed by atoms with van der Waals surface area (Å²) in [6.45, 7) is 0. The average Bonchev–Trinajstić information content (AvgIpc) is 2.19. The normalized spacial score (nSPS) is 21.5. The topological polar surface area (TPSA) is 94.8 Å². The second-order valence-electron chi connectivity index (χ2n) is 4.26. The van der Waals surface area contributed by atoms with Crippen LogP contribution in [0.4, 0.5) is 0 Å². The van der Waals surface area contributed by atoms with E-state index in [0.717, 1.165) is 0 Å². The van der Waals surface area contributed by atoms with E-state index in [1.54, 1.807) is 12.1 Å². The predicted molar refractivity (Wildman–Crippen MR) is 57.8 cm³/mol. The SMILES string of the molecule is O=C(O)C1(C(=O)O)CCC1c1ccc(O)cc1. The monoisotopic (exact) mass is 236 g/mol. The van der Waals surface area contributed by atoms with Crippen molar-refractivity contribution in [1.82, 2.24) is 0 Å². The quantitative estimate of drug-likeness (QED) is 0.690. The Hall–Kier alpha value is -2.04. The molecule has 1 aromatic carbocycles. The molecular formula is C12H12O5. The van der Waals surface area contributed by atoms with Crippen molar-refractivity contribution in [2.24, 2.45) is 5.41 Å². The molecule has 1 aliphatic rings. The first-order valence-electron chi connectivity index (χ1n) is 5.24. The molecule has 3 N–H and O–H groups in total. The van der Waals surface area contributed by atoms with Crippen molar-refractivity contribution in [3.05, 3.63) is 29.8 Å². The van der Waals surface area contributed by atoms with Crippen molar-refractivity contribution >= 4 is 11.9 Å². The summed E-state index contributed by atoms with van der Waals surface area (Å²) in [6, 6.07) is 6.00. The largest absolute Gasteiger partial charge is 0.508 e. The Kier molecular flexibility index (Phi) is 2.53. The van der Waals surface area contributed by atoms with Gasteiger partial charge in [-0.05, 0) is 30.5 Å². The Bertz CT molecular complexity index is 448. The molecule has 0 bridgehead atoms. The van der Waals surface area contributed by atoms with Gasteiger partial charge in [0, 0.05) is 5.92 Å². The van der Waals surface area contributed by atoms with Crippen LogP contribution in [0.5, 0.6) is 5.75 Å². The predicted octanol–water partition coefficient (Wildman–Crippen LogP) is 1.43. The van der Waals surface area contributed by atoms with Crippen LogP contribution in [0.25, 0.3) is 0 Å². The third-order valence-electron chi connectivity index (χ3n) is 3.48. The Balaban J connectivity index is 2.37. The van der Waals surface area contributed by atoms with E-state index in [1.807, 2.05) is 0 Å². The first-order chi connectivity index (χ1) is 7.98. The van der Waals surface area contributed by atoms with E-state index in [-0.39, 0.29) is 12.2 Å². The van der Waals surface area contributed by atoms with Gasteiger partial charge >= 0.3 is 11.9 Å². The van der Waals surface area contributed by atoms with Crippen LogP contribution >= 0.6 is 0 Å². The molecule has 90 valence electrons. The minimum Gasteiger partial charge on any atom is -0.508 e. The Morgan fingerprint density at radius 3 is 2.00 bits per heavy atom. The summed E-state index contributed by atoms with van der Waals surface area (Å²) in [5.41, 5.74) is -1.07. The van der Waals surface area contributed by atoms with E-state index in [4.69, 9.17) is 15.3 Å². The van der Waals surface area contributed by atoms with Crippen molar-refractivity contribution < 1.29 is 24.9 Å². The highest BCUT2D eigenvalue weighted by Gasteiger charge is 2.59. The summed E-state index contributed by atoms with van der Waals surface area (Å²) in [4.78, 5) is 22.3. The van der Waals surface area contributed by atoms with E-state index in [9.17, 15) is 9.59 Å². The number of hydrogen-bond acceptors (Lipinski definition) is 3. The van der Waals surface area contributed by atoms with Gasteiger partial charge in [-0.15, -0.1) is 0 Å². The number of benzene rings is 1. The Morgan fingerprint density at radius 1 is 1.12 bits per heavy atom. The number of hydrogen-bond donors (Lipinski definition) is 3. The third kappa shape index (κ3) is 1.54. The fraction of sp³-hybridized carbons (Fsp3) is 0.333. The number of carboxylic acids is 2. The van der Waals surface area contributed by atoms with Crippen LogP contribution in [0.15, 0.2) is 24.3 Å². The van der Waals surface area contributed by atoms with E-state index in [2.05, 4.69) is 0 Å². The van der Waals surface area contributed by atoms with Crippen LogP contribution < -0.4 is 0 Å². The van der Waals surface area contributed by atoms with E-state index in [1.165, 1.54) is 12.1 Å². The number of aliphatic carboxylic acids is 2. The number of aromatic hydroxyl groups is 1. The molecule has 17 heavy (non-hydrogen) atoms. The fourth-order valence-corrected chi connectivity index (χ4v) is 2.34. The maximum absolute atomic E-state index is 11.2. The van der Waals surface area contributed by atoms with Crippen LogP contribution in [0.3, 0.4) is 0 Å². The summed E-state index contributed by atoms with van der Waals surface area (Å²) in [5, 5.41) is 27.4. The van der Waals surface area contributed by atoms with Gasteiger partial charge in [0.2, 0.25) is 0 Å². The third-order valence-corrected chi connectivity index (χ3v) is 3.48. The minimum atomic E-state index is -1.71.